The molecule has 0 aliphatic rings. The van der Waals surface area contributed by atoms with E-state index in [0.29, 0.717) is 0 Å². The first-order valence-corrected chi connectivity index (χ1v) is 34.1. The molecule has 19 rings (SSSR count). The first-order chi connectivity index (χ1) is 49.0. The van der Waals surface area contributed by atoms with Crippen LogP contribution >= 0.6 is 0 Å². The SMILES string of the molecule is c1ccc(-c2ccc(-c3ccc4c(c3)c3cc(-c5ccc(-c6ccccc6)cc5)ccc3n4-c3ccc(-c4ccc5[nH]c6ccc(-c7ccc(-n8c9ccc(-c%10ccc(-c%11ccccc%11)cc%10)cc9c9cc(-c%10ccc(-c%11ccccc%11)cc%10)ccc98)cc7)cc6c5c4)cc3)cc2)cc1. The topological polar surface area (TPSA) is 25.6 Å². The standard InChI is InChI=1S/C96H63N3/c1-5-13-63(14-6-1)67-21-29-71(30-22-67)79-43-53-93-87(59-79)88-60-80(72-31-23-68(24-32-72)64-15-7-2-8-16-64)44-54-94(88)98(93)83-47-37-75(38-48-83)77-41-51-91-85(57-77)86-58-78(42-52-92(86)97-91)76-39-49-84(50-40-76)99-95-55-45-81(73-33-25-69(26-34-73)65-17-9-3-10-18-65)61-89(95)90-62-82(46-56-96(90)99)74-35-27-70(28-36-74)66-19-11-4-12-20-66/h1-62,97H. The number of fused-ring (bicyclic) bond motifs is 9. The molecule has 0 aliphatic carbocycles. The molecule has 16 aromatic carbocycles. The van der Waals surface area contributed by atoms with Gasteiger partial charge in [0.25, 0.3) is 0 Å². The molecule has 3 nitrogen and oxygen atoms in total. The van der Waals surface area contributed by atoms with Crippen molar-refractivity contribution in [3.63, 3.8) is 0 Å². The summed E-state index contributed by atoms with van der Waals surface area (Å²) in [6.45, 7) is 0. The van der Waals surface area contributed by atoms with E-state index >= 15 is 0 Å². The van der Waals surface area contributed by atoms with E-state index in [0.717, 1.165) is 33.5 Å². The van der Waals surface area contributed by atoms with Crippen LogP contribution < -0.4 is 0 Å². The molecule has 3 heteroatoms. The lowest BCUT2D eigenvalue weighted by Gasteiger charge is -2.11. The van der Waals surface area contributed by atoms with E-state index in [2.05, 4.69) is 390 Å². The third-order valence-corrected chi connectivity index (χ3v) is 20.3. The highest BCUT2D eigenvalue weighted by Crippen LogP contribution is 2.42. The Morgan fingerprint density at radius 3 is 0.545 bits per heavy atom. The number of rotatable bonds is 12. The highest BCUT2D eigenvalue weighted by Gasteiger charge is 2.19. The van der Waals surface area contributed by atoms with Crippen molar-refractivity contribution in [3.8, 4) is 123 Å². The molecular formula is C96H63N3. The van der Waals surface area contributed by atoms with Crippen LogP contribution in [0.15, 0.2) is 376 Å². The summed E-state index contributed by atoms with van der Waals surface area (Å²) in [4.78, 5) is 3.75. The first-order valence-electron chi connectivity index (χ1n) is 34.1. The molecule has 462 valence electrons. The molecule has 0 aliphatic heterocycles. The van der Waals surface area contributed by atoms with Crippen molar-refractivity contribution in [1.82, 2.24) is 14.1 Å². The molecule has 1 N–H and O–H groups in total. The van der Waals surface area contributed by atoms with Crippen LogP contribution in [0, 0.1) is 0 Å². The monoisotopic (exact) mass is 1260 g/mol. The summed E-state index contributed by atoms with van der Waals surface area (Å²) in [6.07, 6.45) is 0. The van der Waals surface area contributed by atoms with Gasteiger partial charge < -0.3 is 14.1 Å². The average Bonchev–Trinajstić information content (AvgIpc) is 1.59. The Labute approximate surface area is 574 Å². The van der Waals surface area contributed by atoms with Gasteiger partial charge in [-0.25, -0.2) is 0 Å². The highest BCUT2D eigenvalue weighted by molar-refractivity contribution is 6.14. The minimum absolute atomic E-state index is 1.12. The fraction of sp³-hybridized carbons (Fsp3) is 0. The molecule has 3 aromatic heterocycles. The number of nitrogens with one attached hydrogen (secondary N) is 1. The van der Waals surface area contributed by atoms with Gasteiger partial charge in [0.2, 0.25) is 0 Å². The van der Waals surface area contributed by atoms with Gasteiger partial charge in [-0.2, -0.15) is 0 Å². The van der Waals surface area contributed by atoms with Crippen LogP contribution in [0.3, 0.4) is 0 Å². The summed E-state index contributed by atoms with van der Waals surface area (Å²) in [7, 11) is 0. The molecular weight excluding hydrogens is 1200 g/mol. The van der Waals surface area contributed by atoms with Gasteiger partial charge in [-0.15, -0.1) is 0 Å². The second-order valence-electron chi connectivity index (χ2n) is 26.1. The smallest absolute Gasteiger partial charge is 0.0541 e. The highest BCUT2D eigenvalue weighted by atomic mass is 15.0. The molecule has 0 fully saturated rings. The maximum Gasteiger partial charge on any atom is 0.0541 e. The van der Waals surface area contributed by atoms with Crippen molar-refractivity contribution in [2.45, 2.75) is 0 Å². The van der Waals surface area contributed by atoms with Gasteiger partial charge in [0.1, 0.15) is 0 Å². The van der Waals surface area contributed by atoms with Crippen molar-refractivity contribution in [1.29, 1.82) is 0 Å². The Kier molecular flexibility index (Phi) is 13.9. The Balaban J connectivity index is 0.643. The summed E-state index contributed by atoms with van der Waals surface area (Å²) in [6, 6.07) is 138. The van der Waals surface area contributed by atoms with Gasteiger partial charge in [-0.1, -0.05) is 279 Å². The lowest BCUT2D eigenvalue weighted by atomic mass is 9.97. The van der Waals surface area contributed by atoms with E-state index in [1.807, 2.05) is 0 Å². The van der Waals surface area contributed by atoms with E-state index in [9.17, 15) is 0 Å². The van der Waals surface area contributed by atoms with Crippen LogP contribution in [-0.4, -0.2) is 14.1 Å². The quantitative estimate of drug-likeness (QED) is 0.126. The zero-order valence-corrected chi connectivity index (χ0v) is 54.2. The van der Waals surface area contributed by atoms with Crippen LogP contribution in [-0.2, 0) is 0 Å². The molecule has 0 amide bonds. The average molecular weight is 1260 g/mol. The largest absolute Gasteiger partial charge is 0.355 e. The van der Waals surface area contributed by atoms with Gasteiger partial charge in [-0.05, 0) is 208 Å². The molecule has 19 aromatic rings. The van der Waals surface area contributed by atoms with Gasteiger partial charge in [0, 0.05) is 54.7 Å². The Bertz CT molecular complexity index is 5560. The lowest BCUT2D eigenvalue weighted by molar-refractivity contribution is 1.18. The summed E-state index contributed by atoms with van der Waals surface area (Å²) < 4.78 is 4.87. The maximum absolute atomic E-state index is 3.75. The van der Waals surface area contributed by atoms with E-state index in [-0.39, 0.29) is 0 Å². The van der Waals surface area contributed by atoms with Gasteiger partial charge in [0.15, 0.2) is 0 Å². The molecule has 99 heavy (non-hydrogen) atoms. The number of hydrogen-bond donors (Lipinski definition) is 1. The number of nitrogens with zero attached hydrogens (tertiary/aromatic N) is 2. The second-order valence-corrected chi connectivity index (χ2v) is 26.1. The van der Waals surface area contributed by atoms with Gasteiger partial charge in [-0.3, -0.25) is 0 Å². The third-order valence-electron chi connectivity index (χ3n) is 20.3. The van der Waals surface area contributed by atoms with Crippen LogP contribution in [0.2, 0.25) is 0 Å². The Morgan fingerprint density at radius 2 is 0.313 bits per heavy atom. The van der Waals surface area contributed by atoms with Crippen LogP contribution in [0.5, 0.6) is 0 Å². The fourth-order valence-corrected chi connectivity index (χ4v) is 15.1. The van der Waals surface area contributed by atoms with Crippen LogP contribution in [0.25, 0.3) is 188 Å². The summed E-state index contributed by atoms with van der Waals surface area (Å²) in [5, 5.41) is 7.28. The predicted molar refractivity (Wildman–Crippen MR) is 419 cm³/mol. The number of hydrogen-bond acceptors (Lipinski definition) is 0. The van der Waals surface area contributed by atoms with Crippen molar-refractivity contribution in [2.75, 3.05) is 0 Å². The maximum atomic E-state index is 3.75. The van der Waals surface area contributed by atoms with Gasteiger partial charge >= 0.3 is 0 Å². The molecule has 0 saturated heterocycles. The number of benzene rings is 16. The second kappa shape index (κ2) is 24.0. The molecule has 3 heterocycles. The summed E-state index contributed by atoms with van der Waals surface area (Å²) in [5.74, 6) is 0. The zero-order valence-electron chi connectivity index (χ0n) is 54.2. The van der Waals surface area contributed by atoms with E-state index in [1.54, 1.807) is 0 Å². The van der Waals surface area contributed by atoms with E-state index < -0.39 is 0 Å². The van der Waals surface area contributed by atoms with Gasteiger partial charge in [0.05, 0.1) is 22.1 Å². The lowest BCUT2D eigenvalue weighted by Crippen LogP contribution is -1.94. The van der Waals surface area contributed by atoms with Crippen molar-refractivity contribution in [3.05, 3.63) is 376 Å². The molecule has 0 saturated carbocycles. The minimum atomic E-state index is 1.12. The van der Waals surface area contributed by atoms with Crippen LogP contribution in [0.4, 0.5) is 0 Å². The molecule has 0 atom stereocenters. The molecule has 0 bridgehead atoms. The van der Waals surface area contributed by atoms with Crippen molar-refractivity contribution >= 4 is 65.4 Å². The normalized spacial score (nSPS) is 11.6. The van der Waals surface area contributed by atoms with Crippen LogP contribution in [0.1, 0.15) is 0 Å². The van der Waals surface area contributed by atoms with E-state index in [4.69, 9.17) is 0 Å². The molecule has 0 radical (unpaired) electrons. The fourth-order valence-electron chi connectivity index (χ4n) is 15.1. The molecule has 0 spiro atoms. The van der Waals surface area contributed by atoms with E-state index in [1.165, 1.54) is 155 Å². The number of aromatic nitrogens is 3. The Hall–Kier alpha value is -13.1. The zero-order chi connectivity index (χ0) is 65.3. The molecule has 0 unspecified atom stereocenters. The summed E-state index contributed by atoms with van der Waals surface area (Å²) >= 11 is 0. The predicted octanol–water partition coefficient (Wildman–Crippen LogP) is 26.2. The number of aromatic amines is 1. The Morgan fingerprint density at radius 1 is 0.141 bits per heavy atom. The summed E-state index contributed by atoms with van der Waals surface area (Å²) in [5.41, 5.74) is 33.1. The first kappa shape index (κ1) is 57.4. The third kappa shape index (κ3) is 10.4. The van der Waals surface area contributed by atoms with Crippen molar-refractivity contribution < 1.29 is 0 Å². The minimum Gasteiger partial charge on any atom is -0.355 e. The van der Waals surface area contributed by atoms with Crippen molar-refractivity contribution in [2.24, 2.45) is 0 Å². The number of H-pyrrole nitrogens is 1.